The van der Waals surface area contributed by atoms with Gasteiger partial charge in [0.1, 0.15) is 0 Å². The van der Waals surface area contributed by atoms with Gasteiger partial charge in [-0.2, -0.15) is 4.98 Å². The van der Waals surface area contributed by atoms with Crippen LogP contribution in [0.3, 0.4) is 0 Å². The van der Waals surface area contributed by atoms with Crippen molar-refractivity contribution in [1.82, 2.24) is 10.1 Å². The van der Waals surface area contributed by atoms with Gasteiger partial charge in [0, 0.05) is 10.6 Å². The summed E-state index contributed by atoms with van der Waals surface area (Å²) < 4.78 is 5.15. The zero-order valence-electron chi connectivity index (χ0n) is 9.72. The number of nitrogens with zero attached hydrogens (tertiary/aromatic N) is 2. The molecule has 1 aromatic heterocycles. The van der Waals surface area contributed by atoms with E-state index in [4.69, 9.17) is 21.9 Å². The molecule has 0 saturated heterocycles. The molecule has 0 aliphatic heterocycles. The number of aromatic nitrogens is 2. The summed E-state index contributed by atoms with van der Waals surface area (Å²) in [6, 6.07) is 7.03. The van der Waals surface area contributed by atoms with Crippen LogP contribution in [0.5, 0.6) is 0 Å². The maximum Gasteiger partial charge on any atom is 0.244 e. The van der Waals surface area contributed by atoms with Crippen molar-refractivity contribution in [2.75, 3.05) is 0 Å². The number of hydrogen-bond acceptors (Lipinski definition) is 4. The summed E-state index contributed by atoms with van der Waals surface area (Å²) in [6.07, 6.45) is 0. The van der Waals surface area contributed by atoms with E-state index in [2.05, 4.69) is 10.1 Å². The predicted molar refractivity (Wildman–Crippen MR) is 66.5 cm³/mol. The Bertz CT molecular complexity index is 493. The lowest BCUT2D eigenvalue weighted by molar-refractivity contribution is 0.325. The SMILES string of the molecule is CC(C)[C@H](N)c1nc(-c2ccc(Cl)cc2)no1. The van der Waals surface area contributed by atoms with Gasteiger partial charge in [-0.15, -0.1) is 0 Å². The summed E-state index contributed by atoms with van der Waals surface area (Å²) in [4.78, 5) is 4.29. The molecule has 0 aliphatic rings. The highest BCUT2D eigenvalue weighted by atomic mass is 35.5. The Morgan fingerprint density at radius 1 is 1.24 bits per heavy atom. The second-order valence-corrected chi connectivity index (χ2v) is 4.67. The van der Waals surface area contributed by atoms with Gasteiger partial charge in [0.2, 0.25) is 11.7 Å². The average Bonchev–Trinajstić information content (AvgIpc) is 2.78. The van der Waals surface area contributed by atoms with Gasteiger partial charge in [-0.3, -0.25) is 0 Å². The maximum atomic E-state index is 5.94. The Hall–Kier alpha value is -1.39. The van der Waals surface area contributed by atoms with Crippen LogP contribution in [0.2, 0.25) is 5.02 Å². The smallest absolute Gasteiger partial charge is 0.244 e. The topological polar surface area (TPSA) is 64.9 Å². The number of benzene rings is 1. The molecular weight excluding hydrogens is 238 g/mol. The molecule has 1 aromatic carbocycles. The van der Waals surface area contributed by atoms with Crippen molar-refractivity contribution < 1.29 is 4.52 Å². The van der Waals surface area contributed by atoms with Gasteiger partial charge < -0.3 is 10.3 Å². The minimum atomic E-state index is -0.233. The largest absolute Gasteiger partial charge is 0.337 e. The zero-order valence-corrected chi connectivity index (χ0v) is 10.5. The molecule has 2 aromatic rings. The molecule has 2 N–H and O–H groups in total. The van der Waals surface area contributed by atoms with Gasteiger partial charge in [-0.1, -0.05) is 30.6 Å². The monoisotopic (exact) mass is 251 g/mol. The van der Waals surface area contributed by atoms with Gasteiger partial charge >= 0.3 is 0 Å². The summed E-state index contributed by atoms with van der Waals surface area (Å²) in [5, 5.41) is 4.59. The lowest BCUT2D eigenvalue weighted by atomic mass is 10.1. The number of hydrogen-bond donors (Lipinski definition) is 1. The van der Waals surface area contributed by atoms with Gasteiger partial charge in [0.15, 0.2) is 0 Å². The molecule has 90 valence electrons. The van der Waals surface area contributed by atoms with Crippen molar-refractivity contribution in [3.63, 3.8) is 0 Å². The minimum Gasteiger partial charge on any atom is -0.337 e. The van der Waals surface area contributed by atoms with Crippen molar-refractivity contribution in [2.45, 2.75) is 19.9 Å². The number of halogens is 1. The molecule has 0 spiro atoms. The fourth-order valence-electron chi connectivity index (χ4n) is 1.37. The Morgan fingerprint density at radius 3 is 2.47 bits per heavy atom. The van der Waals surface area contributed by atoms with Crippen LogP contribution in [-0.2, 0) is 0 Å². The second kappa shape index (κ2) is 4.85. The van der Waals surface area contributed by atoms with Gasteiger partial charge in [-0.25, -0.2) is 0 Å². The van der Waals surface area contributed by atoms with Gasteiger partial charge in [0.05, 0.1) is 6.04 Å². The third kappa shape index (κ3) is 2.65. The van der Waals surface area contributed by atoms with Crippen molar-refractivity contribution in [1.29, 1.82) is 0 Å². The third-order valence-electron chi connectivity index (χ3n) is 2.55. The highest BCUT2D eigenvalue weighted by Crippen LogP contribution is 2.22. The van der Waals surface area contributed by atoms with Crippen LogP contribution in [0.4, 0.5) is 0 Å². The normalized spacial score (nSPS) is 13.0. The fourth-order valence-corrected chi connectivity index (χ4v) is 1.50. The van der Waals surface area contributed by atoms with Crippen molar-refractivity contribution in [2.24, 2.45) is 11.7 Å². The van der Waals surface area contributed by atoms with Gasteiger partial charge in [0.25, 0.3) is 0 Å². The van der Waals surface area contributed by atoms with Crippen molar-refractivity contribution in [3.8, 4) is 11.4 Å². The third-order valence-corrected chi connectivity index (χ3v) is 2.80. The molecule has 0 fully saturated rings. The first-order valence-corrected chi connectivity index (χ1v) is 5.81. The highest BCUT2D eigenvalue weighted by molar-refractivity contribution is 6.30. The van der Waals surface area contributed by atoms with Crippen LogP contribution in [0.15, 0.2) is 28.8 Å². The molecule has 0 amide bonds. The molecule has 17 heavy (non-hydrogen) atoms. The van der Waals surface area contributed by atoms with E-state index in [1.165, 1.54) is 0 Å². The van der Waals surface area contributed by atoms with E-state index in [9.17, 15) is 0 Å². The molecule has 0 radical (unpaired) electrons. The molecular formula is C12H14ClN3O. The quantitative estimate of drug-likeness (QED) is 0.911. The summed E-state index contributed by atoms with van der Waals surface area (Å²) in [5.74, 6) is 1.26. The molecule has 4 nitrogen and oxygen atoms in total. The van der Waals surface area contributed by atoms with Crippen LogP contribution in [0.25, 0.3) is 11.4 Å². The van der Waals surface area contributed by atoms with E-state index in [0.29, 0.717) is 16.7 Å². The average molecular weight is 252 g/mol. The molecule has 5 heteroatoms. The summed E-state index contributed by atoms with van der Waals surface area (Å²) >= 11 is 5.81. The molecule has 0 saturated carbocycles. The predicted octanol–water partition coefficient (Wildman–Crippen LogP) is 3.05. The van der Waals surface area contributed by atoms with Crippen LogP contribution in [0.1, 0.15) is 25.8 Å². The highest BCUT2D eigenvalue weighted by Gasteiger charge is 2.18. The zero-order chi connectivity index (χ0) is 12.4. The fraction of sp³-hybridized carbons (Fsp3) is 0.333. The lowest BCUT2D eigenvalue weighted by Gasteiger charge is -2.09. The van der Waals surface area contributed by atoms with Crippen molar-refractivity contribution in [3.05, 3.63) is 35.2 Å². The van der Waals surface area contributed by atoms with Crippen LogP contribution >= 0.6 is 11.6 Å². The molecule has 1 atom stereocenters. The Labute approximate surface area is 105 Å². The summed E-state index contributed by atoms with van der Waals surface area (Å²) in [6.45, 7) is 4.02. The van der Waals surface area contributed by atoms with Crippen LogP contribution in [0, 0.1) is 5.92 Å². The molecule has 0 unspecified atom stereocenters. The van der Waals surface area contributed by atoms with E-state index >= 15 is 0 Å². The van der Waals surface area contributed by atoms with E-state index in [-0.39, 0.29) is 12.0 Å². The van der Waals surface area contributed by atoms with Crippen molar-refractivity contribution >= 4 is 11.6 Å². The summed E-state index contributed by atoms with van der Waals surface area (Å²) in [7, 11) is 0. The first-order chi connectivity index (χ1) is 8.08. The van der Waals surface area contributed by atoms with E-state index < -0.39 is 0 Å². The number of rotatable bonds is 3. The van der Waals surface area contributed by atoms with Crippen LogP contribution in [-0.4, -0.2) is 10.1 Å². The minimum absolute atomic E-state index is 0.233. The molecule has 0 bridgehead atoms. The van der Waals surface area contributed by atoms with E-state index in [0.717, 1.165) is 5.56 Å². The van der Waals surface area contributed by atoms with Crippen LogP contribution < -0.4 is 5.73 Å². The lowest BCUT2D eigenvalue weighted by Crippen LogP contribution is -2.16. The Morgan fingerprint density at radius 2 is 1.88 bits per heavy atom. The first kappa shape index (κ1) is 12.1. The second-order valence-electron chi connectivity index (χ2n) is 4.23. The Balaban J connectivity index is 2.26. The molecule has 2 rings (SSSR count). The first-order valence-electron chi connectivity index (χ1n) is 5.43. The van der Waals surface area contributed by atoms with Gasteiger partial charge in [-0.05, 0) is 30.2 Å². The maximum absolute atomic E-state index is 5.94. The van der Waals surface area contributed by atoms with E-state index in [1.54, 1.807) is 12.1 Å². The standard InChI is InChI=1S/C12H14ClN3O/c1-7(2)10(14)12-15-11(16-17-12)8-3-5-9(13)6-4-8/h3-7,10H,14H2,1-2H3/t10-/m0/s1. The molecule has 1 heterocycles. The Kier molecular flexibility index (Phi) is 3.45. The number of nitrogens with two attached hydrogens (primary N) is 1. The molecule has 0 aliphatic carbocycles. The summed E-state index contributed by atoms with van der Waals surface area (Å²) in [5.41, 5.74) is 6.80. The van der Waals surface area contributed by atoms with E-state index in [1.807, 2.05) is 26.0 Å².